The van der Waals surface area contributed by atoms with Crippen LogP contribution in [0.2, 0.25) is 0 Å². The normalized spacial score (nSPS) is 13.2. The molecule has 0 bridgehead atoms. The van der Waals surface area contributed by atoms with Crippen LogP contribution in [0.15, 0.2) is 72.7 Å². The number of pyridine rings is 1. The Bertz CT molecular complexity index is 768. The molecule has 0 aliphatic heterocycles. The molecule has 0 aliphatic carbocycles. The maximum atomic E-state index is 12.3. The molecule has 2 rings (SSSR count). The molecule has 0 aliphatic rings. The highest BCUT2D eigenvalue weighted by molar-refractivity contribution is 6.12. The van der Waals surface area contributed by atoms with E-state index in [4.69, 9.17) is 5.73 Å². The summed E-state index contributed by atoms with van der Waals surface area (Å²) < 4.78 is 0. The van der Waals surface area contributed by atoms with E-state index in [1.54, 1.807) is 24.5 Å². The maximum absolute atomic E-state index is 12.3. The van der Waals surface area contributed by atoms with E-state index in [1.807, 2.05) is 37.3 Å². The van der Waals surface area contributed by atoms with Crippen LogP contribution in [0, 0.1) is 0 Å². The van der Waals surface area contributed by atoms with E-state index in [2.05, 4.69) is 10.3 Å². The highest BCUT2D eigenvalue weighted by Gasteiger charge is 2.12. The van der Waals surface area contributed by atoms with Crippen LogP contribution >= 0.6 is 0 Å². The van der Waals surface area contributed by atoms with Crippen molar-refractivity contribution in [3.8, 4) is 0 Å². The zero-order chi connectivity index (χ0) is 18.1. The smallest absolute Gasteiger partial charge is 0.254 e. The molecule has 1 heterocycles. The molecule has 0 saturated carbocycles. The summed E-state index contributed by atoms with van der Waals surface area (Å²) in [5.74, 6) is -0.283. The quantitative estimate of drug-likeness (QED) is 0.267. The first kappa shape index (κ1) is 18.1. The first-order valence-corrected chi connectivity index (χ1v) is 7.98. The van der Waals surface area contributed by atoms with Crippen LogP contribution in [0.3, 0.4) is 0 Å². The molecule has 5 nitrogen and oxygen atoms in total. The first-order valence-electron chi connectivity index (χ1n) is 7.98. The lowest BCUT2D eigenvalue weighted by atomic mass is 10.0. The van der Waals surface area contributed by atoms with Crippen molar-refractivity contribution < 1.29 is 9.59 Å². The summed E-state index contributed by atoms with van der Waals surface area (Å²) in [7, 11) is 0. The van der Waals surface area contributed by atoms with Gasteiger partial charge in [-0.15, -0.1) is 0 Å². The summed E-state index contributed by atoms with van der Waals surface area (Å²) in [6.45, 7) is 2.45. The average Bonchev–Trinajstić information content (AvgIpc) is 2.68. The summed E-state index contributed by atoms with van der Waals surface area (Å²) in [6.07, 6.45) is 6.61. The number of hydrogen-bond acceptors (Lipinski definition) is 4. The van der Waals surface area contributed by atoms with E-state index in [0.717, 1.165) is 11.1 Å². The lowest BCUT2D eigenvalue weighted by Gasteiger charge is -2.13. The fourth-order valence-corrected chi connectivity index (χ4v) is 2.34. The minimum atomic E-state index is -0.425. The van der Waals surface area contributed by atoms with Crippen molar-refractivity contribution in [1.82, 2.24) is 10.3 Å². The molecular weight excluding hydrogens is 314 g/mol. The number of nitrogens with zero attached hydrogens (tertiary/aromatic N) is 1. The molecule has 0 fully saturated rings. The number of rotatable bonds is 7. The largest absolute Gasteiger partial charge is 0.404 e. The molecule has 25 heavy (non-hydrogen) atoms. The monoisotopic (exact) mass is 335 g/mol. The van der Waals surface area contributed by atoms with Crippen LogP contribution in [0.4, 0.5) is 0 Å². The highest BCUT2D eigenvalue weighted by atomic mass is 16.2. The van der Waals surface area contributed by atoms with Crippen molar-refractivity contribution in [2.75, 3.05) is 6.54 Å². The van der Waals surface area contributed by atoms with Crippen LogP contribution in [-0.2, 0) is 9.59 Å². The topological polar surface area (TPSA) is 85.1 Å². The van der Waals surface area contributed by atoms with Gasteiger partial charge in [0.05, 0.1) is 5.57 Å². The summed E-state index contributed by atoms with van der Waals surface area (Å²) >= 11 is 0. The molecule has 1 unspecified atom stereocenters. The number of nitrogens with two attached hydrogens (primary N) is 1. The Morgan fingerprint density at radius 2 is 1.88 bits per heavy atom. The Morgan fingerprint density at radius 1 is 1.20 bits per heavy atom. The Balaban J connectivity index is 2.06. The van der Waals surface area contributed by atoms with Gasteiger partial charge in [-0.1, -0.05) is 37.3 Å². The molecule has 128 valence electrons. The van der Waals surface area contributed by atoms with Crippen LogP contribution < -0.4 is 11.1 Å². The van der Waals surface area contributed by atoms with Gasteiger partial charge < -0.3 is 11.1 Å². The number of amides is 1. The second kappa shape index (κ2) is 9.17. The number of aromatic nitrogens is 1. The van der Waals surface area contributed by atoms with Crippen molar-refractivity contribution in [2.45, 2.75) is 12.8 Å². The predicted molar refractivity (Wildman–Crippen MR) is 98.4 cm³/mol. The Kier molecular flexibility index (Phi) is 6.65. The van der Waals surface area contributed by atoms with Crippen molar-refractivity contribution >= 4 is 17.8 Å². The SMILES string of the molecule is CC(CNC(=O)/C(C=O)=C/C(=C\N)c1ccncc1)c1ccccc1. The van der Waals surface area contributed by atoms with Gasteiger partial charge in [0.1, 0.15) is 0 Å². The Morgan fingerprint density at radius 3 is 2.48 bits per heavy atom. The van der Waals surface area contributed by atoms with Gasteiger partial charge in [-0.3, -0.25) is 14.6 Å². The van der Waals surface area contributed by atoms with Gasteiger partial charge in [0.15, 0.2) is 6.29 Å². The van der Waals surface area contributed by atoms with Gasteiger partial charge in [-0.05, 0) is 40.8 Å². The van der Waals surface area contributed by atoms with E-state index >= 15 is 0 Å². The summed E-state index contributed by atoms with van der Waals surface area (Å²) in [5, 5.41) is 2.79. The number of carbonyl (C=O) groups excluding carboxylic acids is 2. The molecule has 1 aromatic carbocycles. The van der Waals surface area contributed by atoms with E-state index in [0.29, 0.717) is 18.4 Å². The van der Waals surface area contributed by atoms with Gasteiger partial charge in [0.2, 0.25) is 0 Å². The van der Waals surface area contributed by atoms with Crippen LogP contribution in [0.5, 0.6) is 0 Å². The van der Waals surface area contributed by atoms with Gasteiger partial charge in [-0.25, -0.2) is 0 Å². The van der Waals surface area contributed by atoms with Crippen LogP contribution in [-0.4, -0.2) is 23.7 Å². The summed E-state index contributed by atoms with van der Waals surface area (Å²) in [4.78, 5) is 27.6. The van der Waals surface area contributed by atoms with E-state index in [1.165, 1.54) is 12.3 Å². The second-order valence-corrected chi connectivity index (χ2v) is 5.60. The Labute approximate surface area is 147 Å². The molecule has 1 amide bonds. The Hall–Kier alpha value is -3.21. The van der Waals surface area contributed by atoms with Crippen LogP contribution in [0.25, 0.3) is 5.57 Å². The summed E-state index contributed by atoms with van der Waals surface area (Å²) in [5.41, 5.74) is 8.14. The number of aldehydes is 1. The molecule has 2 aromatic rings. The van der Waals surface area contributed by atoms with Crippen molar-refractivity contribution in [1.29, 1.82) is 0 Å². The van der Waals surface area contributed by atoms with Crippen molar-refractivity contribution in [3.05, 3.63) is 83.8 Å². The maximum Gasteiger partial charge on any atom is 0.254 e. The van der Waals surface area contributed by atoms with Crippen LogP contribution in [0.1, 0.15) is 24.0 Å². The predicted octanol–water partition coefficient (Wildman–Crippen LogP) is 2.43. The number of benzene rings is 1. The first-order chi connectivity index (χ1) is 12.2. The number of allylic oxidation sites excluding steroid dienone is 2. The zero-order valence-electron chi connectivity index (χ0n) is 14.1. The molecule has 0 saturated heterocycles. The summed E-state index contributed by atoms with van der Waals surface area (Å²) in [6, 6.07) is 13.4. The lowest BCUT2D eigenvalue weighted by Crippen LogP contribution is -2.29. The molecule has 3 N–H and O–H groups in total. The minimum absolute atomic E-state index is 0.0220. The third-order valence-corrected chi connectivity index (χ3v) is 3.83. The average molecular weight is 335 g/mol. The van der Waals surface area contributed by atoms with E-state index in [9.17, 15) is 9.59 Å². The number of nitrogens with one attached hydrogen (secondary N) is 1. The van der Waals surface area contributed by atoms with Crippen molar-refractivity contribution in [3.63, 3.8) is 0 Å². The molecule has 0 spiro atoms. The fourth-order valence-electron chi connectivity index (χ4n) is 2.34. The second-order valence-electron chi connectivity index (χ2n) is 5.60. The number of hydrogen-bond donors (Lipinski definition) is 2. The molecule has 1 aromatic heterocycles. The number of carbonyl (C=O) groups is 2. The van der Waals surface area contributed by atoms with Gasteiger partial charge >= 0.3 is 0 Å². The van der Waals surface area contributed by atoms with E-state index < -0.39 is 5.91 Å². The third-order valence-electron chi connectivity index (χ3n) is 3.83. The minimum Gasteiger partial charge on any atom is -0.404 e. The lowest BCUT2D eigenvalue weighted by molar-refractivity contribution is -0.119. The molecular formula is C20H21N3O2. The molecule has 0 radical (unpaired) electrons. The standard InChI is InChI=1S/C20H21N3O2/c1-15(16-5-3-2-4-6-16)13-23-20(25)19(14-24)11-18(12-21)17-7-9-22-10-8-17/h2-12,14-15H,13,21H2,1H3,(H,23,25)/b18-12+,19-11+. The van der Waals surface area contributed by atoms with E-state index in [-0.39, 0.29) is 11.5 Å². The van der Waals surface area contributed by atoms with Gasteiger partial charge in [0.25, 0.3) is 5.91 Å². The van der Waals surface area contributed by atoms with Gasteiger partial charge in [0, 0.05) is 25.1 Å². The zero-order valence-corrected chi connectivity index (χ0v) is 14.1. The molecule has 5 heteroatoms. The van der Waals surface area contributed by atoms with Gasteiger partial charge in [-0.2, -0.15) is 0 Å². The fraction of sp³-hybridized carbons (Fsp3) is 0.150. The van der Waals surface area contributed by atoms with Crippen molar-refractivity contribution in [2.24, 2.45) is 5.73 Å². The molecule has 1 atom stereocenters. The highest BCUT2D eigenvalue weighted by Crippen LogP contribution is 2.16. The third kappa shape index (κ3) is 5.14.